The minimum atomic E-state index is 0.0903. The largest absolute Gasteiger partial charge is 0.394 e. The lowest BCUT2D eigenvalue weighted by molar-refractivity contribution is 0.264. The predicted molar refractivity (Wildman–Crippen MR) is 38.0 cm³/mol. The third-order valence-electron chi connectivity index (χ3n) is 0.724. The zero-order valence-electron chi connectivity index (χ0n) is 5.14. The van der Waals surface area contributed by atoms with Gasteiger partial charge < -0.3 is 10.4 Å². The van der Waals surface area contributed by atoms with E-state index in [1.165, 1.54) is 0 Å². The van der Waals surface area contributed by atoms with Gasteiger partial charge in [0.2, 0.25) is 0 Å². The molecule has 0 saturated heterocycles. The highest BCUT2D eigenvalue weighted by atomic mass is 32.1. The van der Waals surface area contributed by atoms with Crippen LogP contribution in [-0.4, -0.2) is 22.7 Å². The summed E-state index contributed by atoms with van der Waals surface area (Å²) >= 11 is 4.72. The van der Waals surface area contributed by atoms with E-state index in [0.717, 1.165) is 4.99 Å². The Bertz CT molecular complexity index is 84.5. The van der Waals surface area contributed by atoms with Crippen LogP contribution in [0.1, 0.15) is 13.8 Å². The van der Waals surface area contributed by atoms with Crippen molar-refractivity contribution in [2.75, 3.05) is 6.61 Å². The van der Waals surface area contributed by atoms with Crippen LogP contribution in [0.2, 0.25) is 0 Å². The third kappa shape index (κ3) is 4.02. The van der Waals surface area contributed by atoms with Gasteiger partial charge in [-0.15, -0.1) is 0 Å². The Kier molecular flexibility index (Phi) is 3.73. The molecule has 0 heterocycles. The summed E-state index contributed by atoms with van der Waals surface area (Å²) in [4.78, 5) is 0.728. The maximum Gasteiger partial charge on any atom is 0.0724 e. The molecular formula is C5H11NOS. The average Bonchev–Trinajstić information content (AvgIpc) is 1.65. The van der Waals surface area contributed by atoms with Crippen molar-refractivity contribution in [2.45, 2.75) is 19.9 Å². The summed E-state index contributed by atoms with van der Waals surface area (Å²) in [6.45, 7) is 3.80. The molecular weight excluding hydrogens is 122 g/mol. The number of hydrogen-bond acceptors (Lipinski definition) is 2. The third-order valence-corrected chi connectivity index (χ3v) is 0.841. The van der Waals surface area contributed by atoms with E-state index in [-0.39, 0.29) is 12.6 Å². The van der Waals surface area contributed by atoms with Crippen LogP contribution in [0, 0.1) is 0 Å². The maximum absolute atomic E-state index is 8.46. The van der Waals surface area contributed by atoms with Crippen LogP contribution in [0.5, 0.6) is 0 Å². The Morgan fingerprint density at radius 2 is 2.38 bits per heavy atom. The number of aliphatic hydroxyl groups is 1. The van der Waals surface area contributed by atoms with Crippen LogP contribution < -0.4 is 5.32 Å². The summed E-state index contributed by atoms with van der Waals surface area (Å²) in [5, 5.41) is 11.3. The second kappa shape index (κ2) is 3.80. The molecule has 8 heavy (non-hydrogen) atoms. The van der Waals surface area contributed by atoms with E-state index in [0.29, 0.717) is 0 Å². The Morgan fingerprint density at radius 1 is 1.88 bits per heavy atom. The second-order valence-electron chi connectivity index (χ2n) is 1.78. The summed E-state index contributed by atoms with van der Waals surface area (Å²) in [5.74, 6) is 0. The van der Waals surface area contributed by atoms with Gasteiger partial charge in [-0.25, -0.2) is 0 Å². The highest BCUT2D eigenvalue weighted by Crippen LogP contribution is 1.77. The molecule has 0 spiro atoms. The second-order valence-corrected chi connectivity index (χ2v) is 2.40. The van der Waals surface area contributed by atoms with Gasteiger partial charge in [0.15, 0.2) is 0 Å². The monoisotopic (exact) mass is 133 g/mol. The maximum atomic E-state index is 8.46. The van der Waals surface area contributed by atoms with Gasteiger partial charge in [0.25, 0.3) is 0 Å². The SMILES string of the molecule is CC(=S)N[C@H](C)CO. The molecule has 0 bridgehead atoms. The lowest BCUT2D eigenvalue weighted by atomic mass is 10.4. The normalized spacial score (nSPS) is 12.9. The van der Waals surface area contributed by atoms with Crippen LogP contribution in [0.3, 0.4) is 0 Å². The van der Waals surface area contributed by atoms with Crippen molar-refractivity contribution in [3.63, 3.8) is 0 Å². The van der Waals surface area contributed by atoms with Crippen molar-refractivity contribution in [1.29, 1.82) is 0 Å². The highest BCUT2D eigenvalue weighted by molar-refractivity contribution is 7.80. The van der Waals surface area contributed by atoms with E-state index in [1.807, 2.05) is 6.92 Å². The first-order valence-electron chi connectivity index (χ1n) is 2.54. The van der Waals surface area contributed by atoms with Crippen LogP contribution in [0.4, 0.5) is 0 Å². The fourth-order valence-corrected chi connectivity index (χ4v) is 0.594. The topological polar surface area (TPSA) is 32.3 Å². The Morgan fingerprint density at radius 3 is 2.50 bits per heavy atom. The summed E-state index contributed by atoms with van der Waals surface area (Å²) in [6, 6.07) is 0.0903. The molecule has 2 nitrogen and oxygen atoms in total. The Labute approximate surface area is 54.9 Å². The fourth-order valence-electron chi connectivity index (χ4n) is 0.393. The van der Waals surface area contributed by atoms with Crippen LogP contribution in [0.25, 0.3) is 0 Å². The van der Waals surface area contributed by atoms with Gasteiger partial charge in [-0.05, 0) is 13.8 Å². The van der Waals surface area contributed by atoms with E-state index < -0.39 is 0 Å². The van der Waals surface area contributed by atoms with Crippen LogP contribution >= 0.6 is 12.2 Å². The smallest absolute Gasteiger partial charge is 0.0724 e. The molecule has 0 saturated carbocycles. The molecule has 0 rings (SSSR count). The van der Waals surface area contributed by atoms with Crippen LogP contribution in [0.15, 0.2) is 0 Å². The Balaban J connectivity index is 3.24. The van der Waals surface area contributed by atoms with Gasteiger partial charge in [0, 0.05) is 6.04 Å². The first-order valence-corrected chi connectivity index (χ1v) is 2.95. The summed E-state index contributed by atoms with van der Waals surface area (Å²) in [7, 11) is 0. The first kappa shape index (κ1) is 7.85. The summed E-state index contributed by atoms with van der Waals surface area (Å²) in [5.41, 5.74) is 0. The molecule has 0 aromatic rings. The van der Waals surface area contributed by atoms with Gasteiger partial charge in [-0.2, -0.15) is 0 Å². The molecule has 0 aromatic carbocycles. The molecule has 2 N–H and O–H groups in total. The van der Waals surface area contributed by atoms with Crippen molar-refractivity contribution in [3.8, 4) is 0 Å². The molecule has 0 aliphatic heterocycles. The fraction of sp³-hybridized carbons (Fsp3) is 0.800. The van der Waals surface area contributed by atoms with Gasteiger partial charge in [0.1, 0.15) is 0 Å². The quantitative estimate of drug-likeness (QED) is 0.531. The minimum absolute atomic E-state index is 0.0903. The number of nitrogens with one attached hydrogen (secondary N) is 1. The van der Waals surface area contributed by atoms with Crippen molar-refractivity contribution in [1.82, 2.24) is 5.32 Å². The minimum Gasteiger partial charge on any atom is -0.394 e. The molecule has 0 unspecified atom stereocenters. The summed E-state index contributed by atoms with van der Waals surface area (Å²) < 4.78 is 0. The zero-order chi connectivity index (χ0) is 6.57. The van der Waals surface area contributed by atoms with Crippen molar-refractivity contribution in [2.24, 2.45) is 0 Å². The van der Waals surface area contributed by atoms with Gasteiger partial charge in [0.05, 0.1) is 11.6 Å². The molecule has 0 amide bonds. The molecule has 0 aliphatic carbocycles. The van der Waals surface area contributed by atoms with E-state index in [9.17, 15) is 0 Å². The molecule has 3 heteroatoms. The van der Waals surface area contributed by atoms with Crippen molar-refractivity contribution < 1.29 is 5.11 Å². The van der Waals surface area contributed by atoms with E-state index in [1.54, 1.807) is 6.92 Å². The highest BCUT2D eigenvalue weighted by Gasteiger charge is 1.95. The zero-order valence-corrected chi connectivity index (χ0v) is 5.96. The van der Waals surface area contributed by atoms with Gasteiger partial charge in [-0.1, -0.05) is 12.2 Å². The predicted octanol–water partition coefficient (Wildman–Crippen LogP) is 0.304. The lowest BCUT2D eigenvalue weighted by Gasteiger charge is -2.08. The number of aliphatic hydroxyl groups excluding tert-OH is 1. The van der Waals surface area contributed by atoms with Crippen molar-refractivity contribution in [3.05, 3.63) is 0 Å². The van der Waals surface area contributed by atoms with E-state index in [2.05, 4.69) is 5.32 Å². The number of rotatable bonds is 2. The average molecular weight is 133 g/mol. The van der Waals surface area contributed by atoms with E-state index >= 15 is 0 Å². The molecule has 48 valence electrons. The van der Waals surface area contributed by atoms with E-state index in [4.69, 9.17) is 17.3 Å². The van der Waals surface area contributed by atoms with Gasteiger partial charge in [-0.3, -0.25) is 0 Å². The Hall–Kier alpha value is -0.150. The molecule has 1 atom stereocenters. The number of hydrogen-bond donors (Lipinski definition) is 2. The molecule has 0 aromatic heterocycles. The molecule has 0 aliphatic rings. The molecule has 0 radical (unpaired) electrons. The molecule has 0 fully saturated rings. The summed E-state index contributed by atoms with van der Waals surface area (Å²) in [6.07, 6.45) is 0. The lowest BCUT2D eigenvalue weighted by Crippen LogP contribution is -2.31. The van der Waals surface area contributed by atoms with Crippen LogP contribution in [-0.2, 0) is 0 Å². The first-order chi connectivity index (χ1) is 3.66. The standard InChI is InChI=1S/C5H11NOS/c1-4(3-7)6-5(2)8/h4,7H,3H2,1-2H3,(H,6,8)/t4-/m1/s1. The van der Waals surface area contributed by atoms with Crippen molar-refractivity contribution >= 4 is 17.2 Å². The number of thiocarbonyl (C=S) groups is 1. The van der Waals surface area contributed by atoms with Gasteiger partial charge >= 0.3 is 0 Å².